The molecule has 0 atom stereocenters. The Morgan fingerprint density at radius 3 is 1.44 bits per heavy atom. The summed E-state index contributed by atoms with van der Waals surface area (Å²) in [6, 6.07) is 11.8. The molecule has 0 aliphatic heterocycles. The van der Waals surface area contributed by atoms with Crippen LogP contribution in [0.25, 0.3) is 0 Å². The van der Waals surface area contributed by atoms with Gasteiger partial charge in [0.15, 0.2) is 0 Å². The second kappa shape index (κ2) is 14.0. The zero-order chi connectivity index (χ0) is 19.4. The van der Waals surface area contributed by atoms with Gasteiger partial charge in [-0.1, -0.05) is 36.4 Å². The van der Waals surface area contributed by atoms with Crippen LogP contribution >= 0.6 is 40.0 Å². The van der Waals surface area contributed by atoms with Crippen molar-refractivity contribution in [3.05, 3.63) is 69.8 Å². The van der Waals surface area contributed by atoms with Crippen molar-refractivity contribution in [1.29, 1.82) is 0 Å². The molecule has 0 radical (unpaired) electrons. The van der Waals surface area contributed by atoms with E-state index in [-0.39, 0.29) is 13.0 Å². The van der Waals surface area contributed by atoms with Gasteiger partial charge in [-0.05, 0) is 61.1 Å². The van der Waals surface area contributed by atoms with Gasteiger partial charge in [0.05, 0.1) is 13.0 Å². The summed E-state index contributed by atoms with van der Waals surface area (Å²) in [7, 11) is 0.628. The van der Waals surface area contributed by atoms with Gasteiger partial charge >= 0.3 is 55.4 Å². The van der Waals surface area contributed by atoms with Crippen molar-refractivity contribution in [2.24, 2.45) is 0 Å². The van der Waals surface area contributed by atoms with E-state index < -0.39 is 5.97 Å². The maximum absolute atomic E-state index is 10.5. The van der Waals surface area contributed by atoms with Gasteiger partial charge in [0.1, 0.15) is 0 Å². The number of carboxylic acid groups (broad SMARTS) is 1. The number of hydrogen-bond acceptors (Lipinski definition) is 2. The summed E-state index contributed by atoms with van der Waals surface area (Å²) in [6.07, 6.45) is 0.124. The number of aliphatic carboxylic acids is 1. The van der Waals surface area contributed by atoms with Gasteiger partial charge < -0.3 is 10.2 Å². The summed E-state index contributed by atoms with van der Waals surface area (Å²) < 4.78 is 0. The van der Waals surface area contributed by atoms with Crippen molar-refractivity contribution in [3.63, 3.8) is 0 Å². The molecule has 0 bridgehead atoms. The number of halogens is 2. The third-order valence-corrected chi connectivity index (χ3v) is 3.78. The van der Waals surface area contributed by atoms with E-state index in [1.807, 2.05) is 64.1 Å². The molecule has 0 aliphatic rings. The van der Waals surface area contributed by atoms with Crippen molar-refractivity contribution in [2.75, 3.05) is 0 Å². The fourth-order valence-corrected chi connectivity index (χ4v) is 2.38. The molecule has 0 saturated heterocycles. The Kier molecular flexibility index (Phi) is 14.0. The van der Waals surface area contributed by atoms with Crippen LogP contribution in [0.3, 0.4) is 0 Å². The number of hydrogen-bond donors (Lipinski definition) is 2. The normalized spacial score (nSPS) is 9.24. The summed E-state index contributed by atoms with van der Waals surface area (Å²) in [5, 5.41) is 17.5. The summed E-state index contributed by atoms with van der Waals surface area (Å²) in [5.41, 5.74) is 6.44. The molecule has 25 heavy (non-hydrogen) atoms. The van der Waals surface area contributed by atoms with E-state index in [9.17, 15) is 4.79 Å². The van der Waals surface area contributed by atoms with Crippen molar-refractivity contribution in [1.82, 2.24) is 0 Å². The maximum atomic E-state index is 10.5. The predicted molar refractivity (Wildman–Crippen MR) is 117 cm³/mol. The van der Waals surface area contributed by atoms with Gasteiger partial charge in [-0.2, -0.15) is 0 Å². The molecule has 137 valence electrons. The van der Waals surface area contributed by atoms with Crippen LogP contribution in [0.5, 0.6) is 0 Å². The van der Waals surface area contributed by atoms with E-state index in [1.54, 1.807) is 0 Å². The summed E-state index contributed by atoms with van der Waals surface area (Å²) in [4.78, 5) is 10.5. The van der Waals surface area contributed by atoms with E-state index >= 15 is 0 Å². The number of benzene rings is 2. The zero-order valence-electron chi connectivity index (χ0n) is 14.9. The zero-order valence-corrected chi connectivity index (χ0v) is 20.6. The van der Waals surface area contributed by atoms with Crippen LogP contribution in [0.4, 0.5) is 0 Å². The molecular formula is C19H24I2O3V. The Morgan fingerprint density at radius 1 is 0.880 bits per heavy atom. The Labute approximate surface area is 179 Å². The average Bonchev–Trinajstić information content (AvgIpc) is 2.53. The topological polar surface area (TPSA) is 57.5 Å². The Morgan fingerprint density at radius 2 is 1.20 bits per heavy atom. The Balaban J connectivity index is 0.000000403. The molecule has 0 fully saturated rings. The molecule has 6 heteroatoms. The molecule has 0 aromatic heterocycles. The van der Waals surface area contributed by atoms with Crippen molar-refractivity contribution in [3.8, 4) is 0 Å². The molecule has 0 aliphatic carbocycles. The first-order valence-corrected chi connectivity index (χ1v) is 16.6. The summed E-state index contributed by atoms with van der Waals surface area (Å²) in [5.74, 6) is -0.771. The van der Waals surface area contributed by atoms with E-state index in [0.29, 0.717) is 9.47 Å². The number of carboxylic acids is 1. The molecule has 2 rings (SSSR count). The Bertz CT molecular complexity index is 635. The van der Waals surface area contributed by atoms with Crippen LogP contribution in [-0.4, -0.2) is 16.2 Å². The number of rotatable bonds is 3. The number of aliphatic hydroxyl groups is 1. The van der Waals surface area contributed by atoms with Crippen LogP contribution in [0.15, 0.2) is 36.4 Å². The standard InChI is InChI=1S/C10H12O2.C9H12O.2HI.V/c1-7-4-3-5-8(2)9(7)6-10(11)12;1-7-4-3-5-8(2)9(7)6-10;;;/h3-5H,6H2,1-2H3,(H,11,12);3-5,10H,6H2,1-2H3;2*1H;/q;;;;+2/p-2. The van der Waals surface area contributed by atoms with Gasteiger partial charge in [-0.15, -0.1) is 0 Å². The van der Waals surface area contributed by atoms with E-state index in [1.165, 1.54) is 11.1 Å². The minimum absolute atomic E-state index is 0.124. The van der Waals surface area contributed by atoms with Gasteiger partial charge in [0.2, 0.25) is 0 Å². The molecule has 2 N–H and O–H groups in total. The second-order valence-electron chi connectivity index (χ2n) is 5.53. The molecule has 0 heterocycles. The third kappa shape index (κ3) is 9.99. The molecule has 2 aromatic carbocycles. The van der Waals surface area contributed by atoms with Crippen molar-refractivity contribution < 1.29 is 24.5 Å². The van der Waals surface area contributed by atoms with E-state index in [2.05, 4.69) is 40.0 Å². The molecule has 0 amide bonds. The monoisotopic (exact) mass is 605 g/mol. The summed E-state index contributed by atoms with van der Waals surface area (Å²) >= 11 is 4.74. The number of carbonyl (C=O) groups is 1. The van der Waals surface area contributed by atoms with Crippen LogP contribution in [0.2, 0.25) is 0 Å². The molecule has 0 spiro atoms. The molecule has 3 nitrogen and oxygen atoms in total. The quantitative estimate of drug-likeness (QED) is 0.455. The van der Waals surface area contributed by atoms with Gasteiger partial charge in [-0.3, -0.25) is 4.79 Å². The SMILES string of the molecule is Cc1cccc(C)c1CC(=O)O.Cc1cccc(C)c1CO.[I][V][I]. The minimum atomic E-state index is -0.771. The Hall–Kier alpha value is -0.0856. The van der Waals surface area contributed by atoms with E-state index in [4.69, 9.17) is 10.2 Å². The fraction of sp³-hybridized carbons (Fsp3) is 0.316. The van der Waals surface area contributed by atoms with Crippen LogP contribution in [0.1, 0.15) is 33.4 Å². The molecule has 2 aromatic rings. The van der Waals surface area contributed by atoms with Crippen LogP contribution in [-0.2, 0) is 27.3 Å². The third-order valence-electron chi connectivity index (χ3n) is 3.78. The predicted octanol–water partition coefficient (Wildman–Crippen LogP) is 5.50. The molecule has 0 saturated carbocycles. The number of aryl methyl sites for hydroxylation is 4. The fourth-order valence-electron chi connectivity index (χ4n) is 2.38. The summed E-state index contributed by atoms with van der Waals surface area (Å²) in [6.45, 7) is 8.05. The first-order chi connectivity index (χ1) is 11.8. The van der Waals surface area contributed by atoms with Gasteiger partial charge in [0, 0.05) is 0 Å². The van der Waals surface area contributed by atoms with Crippen molar-refractivity contribution >= 4 is 45.9 Å². The second-order valence-corrected chi connectivity index (χ2v) is 17.3. The van der Waals surface area contributed by atoms with Crippen molar-refractivity contribution in [2.45, 2.75) is 40.7 Å². The van der Waals surface area contributed by atoms with Gasteiger partial charge in [-0.25, -0.2) is 0 Å². The molecule has 0 unspecified atom stereocenters. The van der Waals surface area contributed by atoms with Crippen LogP contribution in [0, 0.1) is 27.7 Å². The van der Waals surface area contributed by atoms with Crippen LogP contribution < -0.4 is 0 Å². The first-order valence-electron chi connectivity index (χ1n) is 7.63. The average molecular weight is 605 g/mol. The van der Waals surface area contributed by atoms with Gasteiger partial charge in [0.25, 0.3) is 0 Å². The first kappa shape index (κ1) is 24.9. The molecular weight excluding hydrogens is 581 g/mol. The number of aliphatic hydroxyl groups excluding tert-OH is 1. The van der Waals surface area contributed by atoms with E-state index in [0.717, 1.165) is 22.3 Å².